The van der Waals surface area contributed by atoms with Crippen LogP contribution < -0.4 is 0 Å². The summed E-state index contributed by atoms with van der Waals surface area (Å²) in [5, 5.41) is 9.70. The van der Waals surface area contributed by atoms with Crippen LogP contribution in [0.3, 0.4) is 0 Å². The molecule has 1 N–H and O–H groups in total. The molecule has 0 radical (unpaired) electrons. The number of hydrogen-bond donors (Lipinski definition) is 1. The number of carbonyl (C=O) groups is 5. The summed E-state index contributed by atoms with van der Waals surface area (Å²) in [5.41, 5.74) is 0. The minimum atomic E-state index is -0.963. The third kappa shape index (κ3) is 12.4. The lowest BCUT2D eigenvalue weighted by atomic mass is 9.83. The molecule has 1 saturated heterocycles. The van der Waals surface area contributed by atoms with Crippen LogP contribution in [0.15, 0.2) is 0 Å². The Morgan fingerprint density at radius 2 is 1.48 bits per heavy atom. The molecule has 0 aromatic heterocycles. The summed E-state index contributed by atoms with van der Waals surface area (Å²) in [7, 11) is 8.65. The Balaban J connectivity index is 3.26. The van der Waals surface area contributed by atoms with Gasteiger partial charge in [0.1, 0.15) is 5.78 Å². The van der Waals surface area contributed by atoms with Gasteiger partial charge in [0, 0.05) is 52.5 Å². The van der Waals surface area contributed by atoms with Crippen molar-refractivity contribution in [3.05, 3.63) is 0 Å². The van der Waals surface area contributed by atoms with Gasteiger partial charge in [-0.2, -0.15) is 0 Å². The zero-order valence-corrected chi connectivity index (χ0v) is 33.6. The van der Waals surface area contributed by atoms with E-state index in [4.69, 9.17) is 9.47 Å². The number of likely N-dealkylation sites (tertiary alicyclic amines) is 1. The standard InChI is InChI=1S/C39H71N3O8/c1-14-16-18-28(39(47)48)21-31(43)27(8)37(50-13)30-19-17-20-42(30)34(45)23-33(49-12)36(26(7)15-2)41(11)38(46)29(24(3)4)22-32(44)35(25(5)6)40(9)10/h24-30,33,35-37H,14-23H2,1-13H3,(H,47,48)/t26-,27-,28+,29-,30-,33+,35-,36-,37+/m0/s1. The Kier molecular flexibility index (Phi) is 20.0. The van der Waals surface area contributed by atoms with Crippen molar-refractivity contribution in [2.24, 2.45) is 35.5 Å². The van der Waals surface area contributed by atoms with Crippen LogP contribution in [-0.4, -0.2) is 121 Å². The molecular formula is C39H71N3O8. The molecule has 11 heteroatoms. The van der Waals surface area contributed by atoms with Crippen molar-refractivity contribution < 1.29 is 38.6 Å². The Labute approximate surface area is 303 Å². The number of carboxylic acid groups (broad SMARTS) is 1. The third-order valence-corrected chi connectivity index (χ3v) is 11.1. The monoisotopic (exact) mass is 710 g/mol. The molecule has 0 aromatic rings. The second-order valence-electron chi connectivity index (χ2n) is 15.6. The number of aliphatic carboxylic acids is 1. The maximum atomic E-state index is 14.2. The first-order valence-corrected chi connectivity index (χ1v) is 19.0. The molecule has 50 heavy (non-hydrogen) atoms. The van der Waals surface area contributed by atoms with Crippen LogP contribution in [0.2, 0.25) is 0 Å². The molecule has 9 atom stereocenters. The van der Waals surface area contributed by atoms with E-state index in [1.807, 2.05) is 60.5 Å². The first-order valence-electron chi connectivity index (χ1n) is 19.0. The lowest BCUT2D eigenvalue weighted by Crippen LogP contribution is -2.54. The maximum absolute atomic E-state index is 14.2. The van der Waals surface area contributed by atoms with Crippen molar-refractivity contribution in [2.45, 2.75) is 144 Å². The van der Waals surface area contributed by atoms with Gasteiger partial charge in [0.05, 0.1) is 42.7 Å². The average Bonchev–Trinajstić information content (AvgIpc) is 3.53. The summed E-state index contributed by atoms with van der Waals surface area (Å²) in [5.74, 6) is -3.14. The molecule has 0 bridgehead atoms. The van der Waals surface area contributed by atoms with Gasteiger partial charge in [-0.05, 0) is 51.1 Å². The first kappa shape index (κ1) is 45.7. The molecule has 290 valence electrons. The molecule has 1 rings (SSSR count). The third-order valence-electron chi connectivity index (χ3n) is 11.1. The van der Waals surface area contributed by atoms with Gasteiger partial charge in [-0.15, -0.1) is 0 Å². The van der Waals surface area contributed by atoms with Crippen LogP contribution in [0.4, 0.5) is 0 Å². The van der Waals surface area contributed by atoms with Gasteiger partial charge in [0.15, 0.2) is 5.78 Å². The highest BCUT2D eigenvalue weighted by Crippen LogP contribution is 2.32. The molecule has 2 amide bonds. The average molecular weight is 710 g/mol. The summed E-state index contributed by atoms with van der Waals surface area (Å²) in [4.78, 5) is 72.4. The molecule has 1 fully saturated rings. The SMILES string of the molecule is CCCC[C@H](CC(=O)[C@H](C)[C@@H](OC)[C@@H]1CCCN1C(=O)C[C@@H](OC)[C@H]([C@@H](C)CC)N(C)C(=O)[C@@H](CC(=O)[C@H](C(C)C)N(C)C)C(C)C)C(=O)O. The molecule has 1 aliphatic heterocycles. The first-order chi connectivity index (χ1) is 23.4. The number of unbranched alkanes of at least 4 members (excludes halogenated alkanes) is 1. The zero-order valence-electron chi connectivity index (χ0n) is 33.6. The zero-order chi connectivity index (χ0) is 38.5. The van der Waals surface area contributed by atoms with E-state index in [1.165, 1.54) is 7.11 Å². The van der Waals surface area contributed by atoms with Gasteiger partial charge < -0.3 is 24.4 Å². The van der Waals surface area contributed by atoms with E-state index < -0.39 is 42.0 Å². The molecule has 1 heterocycles. The van der Waals surface area contributed by atoms with Gasteiger partial charge in [0.25, 0.3) is 0 Å². The molecule has 0 aliphatic carbocycles. The van der Waals surface area contributed by atoms with Gasteiger partial charge >= 0.3 is 5.97 Å². The van der Waals surface area contributed by atoms with Crippen molar-refractivity contribution in [3.63, 3.8) is 0 Å². The van der Waals surface area contributed by atoms with Crippen molar-refractivity contribution in [2.75, 3.05) is 41.9 Å². The van der Waals surface area contributed by atoms with Crippen molar-refractivity contribution in [1.82, 2.24) is 14.7 Å². The van der Waals surface area contributed by atoms with Crippen LogP contribution in [-0.2, 0) is 33.4 Å². The van der Waals surface area contributed by atoms with Crippen LogP contribution in [0.25, 0.3) is 0 Å². The van der Waals surface area contributed by atoms with Crippen LogP contribution in [0.1, 0.15) is 113 Å². The fraction of sp³-hybridized carbons (Fsp3) is 0.872. The normalized spacial score (nSPS) is 19.9. The van der Waals surface area contributed by atoms with E-state index >= 15 is 0 Å². The fourth-order valence-electron chi connectivity index (χ4n) is 8.00. The second kappa shape index (κ2) is 21.9. The molecule has 0 aromatic carbocycles. The predicted molar refractivity (Wildman–Crippen MR) is 197 cm³/mol. The molecule has 0 unspecified atom stereocenters. The van der Waals surface area contributed by atoms with E-state index in [9.17, 15) is 29.1 Å². The lowest BCUT2D eigenvalue weighted by Gasteiger charge is -2.41. The van der Waals surface area contributed by atoms with E-state index in [0.717, 1.165) is 25.7 Å². The van der Waals surface area contributed by atoms with Gasteiger partial charge in [-0.3, -0.25) is 28.9 Å². The van der Waals surface area contributed by atoms with E-state index in [-0.39, 0.29) is 72.5 Å². The summed E-state index contributed by atoms with van der Waals surface area (Å²) in [6.45, 7) is 16.3. The minimum Gasteiger partial charge on any atom is -0.481 e. The highest BCUT2D eigenvalue weighted by molar-refractivity contribution is 5.90. The summed E-state index contributed by atoms with van der Waals surface area (Å²) < 4.78 is 11.9. The molecular weight excluding hydrogens is 638 g/mol. The number of likely N-dealkylation sites (N-methyl/N-ethyl adjacent to an activating group) is 2. The molecule has 1 aliphatic rings. The highest BCUT2D eigenvalue weighted by atomic mass is 16.5. The van der Waals surface area contributed by atoms with Crippen molar-refractivity contribution >= 4 is 29.4 Å². The van der Waals surface area contributed by atoms with Crippen molar-refractivity contribution in [1.29, 1.82) is 0 Å². The Morgan fingerprint density at radius 3 is 1.94 bits per heavy atom. The van der Waals surface area contributed by atoms with Crippen molar-refractivity contribution in [3.8, 4) is 0 Å². The fourth-order valence-corrected chi connectivity index (χ4v) is 8.00. The number of methoxy groups -OCH3 is 2. The van der Waals surface area contributed by atoms with Gasteiger partial charge in [0.2, 0.25) is 11.8 Å². The van der Waals surface area contributed by atoms with E-state index in [0.29, 0.717) is 19.4 Å². The predicted octanol–water partition coefficient (Wildman–Crippen LogP) is 5.57. The second-order valence-corrected chi connectivity index (χ2v) is 15.6. The van der Waals surface area contributed by atoms with Gasteiger partial charge in [-0.1, -0.05) is 74.7 Å². The van der Waals surface area contributed by atoms with Gasteiger partial charge in [-0.25, -0.2) is 0 Å². The number of ether oxygens (including phenoxy) is 2. The molecule has 11 nitrogen and oxygen atoms in total. The quantitative estimate of drug-likeness (QED) is 0.137. The number of Topliss-reactive ketones (excluding diaryl/α,β-unsaturated/α-hetero) is 2. The number of carbonyl (C=O) groups excluding carboxylic acids is 4. The number of ketones is 2. The summed E-state index contributed by atoms with van der Waals surface area (Å²) >= 11 is 0. The van der Waals surface area contributed by atoms with E-state index in [2.05, 4.69) is 6.92 Å². The van der Waals surface area contributed by atoms with Crippen LogP contribution in [0, 0.1) is 35.5 Å². The maximum Gasteiger partial charge on any atom is 0.306 e. The number of amides is 2. The number of nitrogens with zero attached hydrogens (tertiary/aromatic N) is 3. The van der Waals surface area contributed by atoms with Crippen LogP contribution in [0.5, 0.6) is 0 Å². The number of hydrogen-bond acceptors (Lipinski definition) is 8. The Morgan fingerprint density at radius 1 is 0.860 bits per heavy atom. The summed E-state index contributed by atoms with van der Waals surface area (Å²) in [6, 6.07) is -1.04. The number of rotatable bonds is 24. The smallest absolute Gasteiger partial charge is 0.306 e. The largest absolute Gasteiger partial charge is 0.481 e. The number of carboxylic acids is 1. The molecule has 0 spiro atoms. The van der Waals surface area contributed by atoms with E-state index in [1.54, 1.807) is 30.9 Å². The van der Waals surface area contributed by atoms with Crippen LogP contribution >= 0.6 is 0 Å². The topological polar surface area (TPSA) is 134 Å². The minimum absolute atomic E-state index is 0.00373. The lowest BCUT2D eigenvalue weighted by molar-refractivity contribution is -0.149. The summed E-state index contributed by atoms with van der Waals surface area (Å²) in [6.07, 6.45) is 3.16. The Hall–Kier alpha value is -2.37. The molecule has 0 saturated carbocycles. The highest BCUT2D eigenvalue weighted by Gasteiger charge is 2.43. The Bertz CT molecular complexity index is 1090.